The second kappa shape index (κ2) is 8.59. The van der Waals surface area contributed by atoms with Crippen LogP contribution in [0.25, 0.3) is 0 Å². The number of benzene rings is 2. The molecule has 0 saturated heterocycles. The maximum atomic E-state index is 10.2. The van der Waals surface area contributed by atoms with Crippen LogP contribution in [0.4, 0.5) is 0 Å². The summed E-state index contributed by atoms with van der Waals surface area (Å²) in [6.45, 7) is 7.49. The van der Waals surface area contributed by atoms with E-state index in [2.05, 4.69) is 26.0 Å². The molecule has 0 aliphatic carbocycles. The van der Waals surface area contributed by atoms with Gasteiger partial charge in [0.15, 0.2) is 0 Å². The van der Waals surface area contributed by atoms with Crippen molar-refractivity contribution in [2.24, 2.45) is 5.92 Å². The van der Waals surface area contributed by atoms with Crippen molar-refractivity contribution >= 4 is 0 Å². The molecule has 124 valence electrons. The Hall–Kier alpha value is -2.00. The van der Waals surface area contributed by atoms with Gasteiger partial charge in [0, 0.05) is 19.1 Å². The molecule has 3 nitrogen and oxygen atoms in total. The highest BCUT2D eigenvalue weighted by molar-refractivity contribution is 5.42. The second-order valence-corrected chi connectivity index (χ2v) is 6.31. The van der Waals surface area contributed by atoms with Crippen molar-refractivity contribution in [1.82, 2.24) is 0 Å². The summed E-state index contributed by atoms with van der Waals surface area (Å²) in [6.07, 6.45) is 0.660. The molecule has 0 aromatic heterocycles. The van der Waals surface area contributed by atoms with Crippen LogP contribution in [0.3, 0.4) is 0 Å². The Labute approximate surface area is 138 Å². The zero-order chi connectivity index (χ0) is 16.7. The molecule has 0 amide bonds. The van der Waals surface area contributed by atoms with Crippen LogP contribution in [0.5, 0.6) is 11.5 Å². The Bertz CT molecular complexity index is 593. The van der Waals surface area contributed by atoms with E-state index in [0.717, 1.165) is 12.2 Å². The van der Waals surface area contributed by atoms with Crippen LogP contribution in [-0.2, 0) is 11.2 Å². The van der Waals surface area contributed by atoms with Gasteiger partial charge in [0.1, 0.15) is 17.6 Å². The second-order valence-electron chi connectivity index (χ2n) is 6.31. The van der Waals surface area contributed by atoms with E-state index in [1.165, 1.54) is 5.56 Å². The molecular weight excluding hydrogens is 288 g/mol. The van der Waals surface area contributed by atoms with Crippen molar-refractivity contribution in [2.45, 2.75) is 33.3 Å². The van der Waals surface area contributed by atoms with Gasteiger partial charge in [-0.2, -0.15) is 0 Å². The molecule has 0 heterocycles. The minimum atomic E-state index is -0.0480. The van der Waals surface area contributed by atoms with Gasteiger partial charge in [0.2, 0.25) is 0 Å². The van der Waals surface area contributed by atoms with E-state index in [0.29, 0.717) is 24.7 Å². The van der Waals surface area contributed by atoms with Gasteiger partial charge in [-0.25, -0.2) is 0 Å². The third-order valence-corrected chi connectivity index (χ3v) is 3.44. The van der Waals surface area contributed by atoms with E-state index in [4.69, 9.17) is 9.47 Å². The molecule has 2 aromatic carbocycles. The van der Waals surface area contributed by atoms with Gasteiger partial charge in [-0.1, -0.05) is 50.2 Å². The van der Waals surface area contributed by atoms with E-state index >= 15 is 0 Å². The zero-order valence-electron chi connectivity index (χ0n) is 14.2. The molecule has 0 radical (unpaired) electrons. The quantitative estimate of drug-likeness (QED) is 0.783. The Morgan fingerprint density at radius 2 is 1.70 bits per heavy atom. The highest BCUT2D eigenvalue weighted by Crippen LogP contribution is 2.26. The first-order chi connectivity index (χ1) is 11.0. The van der Waals surface area contributed by atoms with Gasteiger partial charge in [0.05, 0.1) is 6.61 Å². The van der Waals surface area contributed by atoms with Crippen LogP contribution in [0.2, 0.25) is 0 Å². The van der Waals surface area contributed by atoms with E-state index in [1.54, 1.807) is 6.07 Å². The van der Waals surface area contributed by atoms with Crippen LogP contribution in [-0.4, -0.2) is 24.4 Å². The van der Waals surface area contributed by atoms with Crippen LogP contribution in [0.1, 0.15) is 31.9 Å². The summed E-state index contributed by atoms with van der Waals surface area (Å²) in [5, 5.41) is 10.2. The van der Waals surface area contributed by atoms with Crippen LogP contribution in [0, 0.1) is 5.92 Å². The summed E-state index contributed by atoms with van der Waals surface area (Å²) < 4.78 is 11.4. The predicted molar refractivity (Wildman–Crippen MR) is 93.1 cm³/mol. The number of hydrogen-bond acceptors (Lipinski definition) is 3. The number of hydrogen-bond donors (Lipinski definition) is 1. The topological polar surface area (TPSA) is 38.7 Å². The van der Waals surface area contributed by atoms with Crippen LogP contribution < -0.4 is 4.74 Å². The monoisotopic (exact) mass is 314 g/mol. The highest BCUT2D eigenvalue weighted by atomic mass is 16.5. The summed E-state index contributed by atoms with van der Waals surface area (Å²) in [5.41, 5.74) is 2.07. The van der Waals surface area contributed by atoms with Crippen molar-refractivity contribution in [3.05, 3.63) is 59.7 Å². The predicted octanol–water partition coefficient (Wildman–Crippen LogP) is 4.42. The fourth-order valence-electron chi connectivity index (χ4n) is 2.32. The third kappa shape index (κ3) is 5.95. The number of aromatic hydroxyl groups is 1. The molecule has 2 rings (SSSR count). The lowest BCUT2D eigenvalue weighted by molar-refractivity contribution is 0.0453. The molecule has 0 fully saturated rings. The van der Waals surface area contributed by atoms with Crippen molar-refractivity contribution < 1.29 is 14.6 Å². The van der Waals surface area contributed by atoms with Crippen molar-refractivity contribution in [3.8, 4) is 11.5 Å². The van der Waals surface area contributed by atoms with Gasteiger partial charge < -0.3 is 14.6 Å². The molecule has 0 saturated carbocycles. The number of rotatable bonds is 8. The van der Waals surface area contributed by atoms with Gasteiger partial charge >= 0.3 is 0 Å². The van der Waals surface area contributed by atoms with Gasteiger partial charge in [-0.3, -0.25) is 0 Å². The molecule has 1 unspecified atom stereocenters. The zero-order valence-corrected chi connectivity index (χ0v) is 14.2. The molecule has 23 heavy (non-hydrogen) atoms. The standard InChI is InChI=1S/C20H26O3/c1-15(2)13-22-14-16(3)23-19-10-9-18(20(21)12-19)11-17-7-5-4-6-8-17/h4-10,12,15-16,21H,11,13-14H2,1-3H3. The van der Waals surface area contributed by atoms with Crippen LogP contribution >= 0.6 is 0 Å². The normalized spacial score (nSPS) is 12.3. The number of ether oxygens (including phenoxy) is 2. The van der Waals surface area contributed by atoms with Gasteiger partial charge in [-0.05, 0) is 30.0 Å². The summed E-state index contributed by atoms with van der Waals surface area (Å²) >= 11 is 0. The molecule has 0 bridgehead atoms. The molecule has 2 aromatic rings. The van der Waals surface area contributed by atoms with E-state index in [9.17, 15) is 5.11 Å². The van der Waals surface area contributed by atoms with Crippen LogP contribution in [0.15, 0.2) is 48.5 Å². The first-order valence-electron chi connectivity index (χ1n) is 8.15. The maximum Gasteiger partial charge on any atom is 0.123 e. The van der Waals surface area contributed by atoms with Gasteiger partial charge in [0.25, 0.3) is 0 Å². The molecular formula is C20H26O3. The van der Waals surface area contributed by atoms with E-state index < -0.39 is 0 Å². The lowest BCUT2D eigenvalue weighted by atomic mass is 10.0. The minimum Gasteiger partial charge on any atom is -0.508 e. The first kappa shape index (κ1) is 17.4. The largest absolute Gasteiger partial charge is 0.508 e. The molecule has 1 N–H and O–H groups in total. The average molecular weight is 314 g/mol. The molecule has 0 aliphatic heterocycles. The Morgan fingerprint density at radius 1 is 0.957 bits per heavy atom. The van der Waals surface area contributed by atoms with E-state index in [1.807, 2.05) is 37.3 Å². The molecule has 1 atom stereocenters. The minimum absolute atomic E-state index is 0.0480. The Morgan fingerprint density at radius 3 is 2.35 bits per heavy atom. The summed E-state index contributed by atoms with van der Waals surface area (Å²) in [6, 6.07) is 15.6. The summed E-state index contributed by atoms with van der Waals surface area (Å²) in [5.74, 6) is 1.45. The molecule has 0 spiro atoms. The van der Waals surface area contributed by atoms with Crippen molar-refractivity contribution in [1.29, 1.82) is 0 Å². The lowest BCUT2D eigenvalue weighted by Gasteiger charge is -2.16. The fraction of sp³-hybridized carbons (Fsp3) is 0.400. The summed E-state index contributed by atoms with van der Waals surface area (Å²) in [4.78, 5) is 0. The molecule has 3 heteroatoms. The maximum absolute atomic E-state index is 10.2. The Kier molecular flexibility index (Phi) is 6.48. The fourth-order valence-corrected chi connectivity index (χ4v) is 2.32. The highest BCUT2D eigenvalue weighted by Gasteiger charge is 2.08. The average Bonchev–Trinajstić information content (AvgIpc) is 2.50. The lowest BCUT2D eigenvalue weighted by Crippen LogP contribution is -2.20. The Balaban J connectivity index is 1.91. The number of phenolic OH excluding ortho intramolecular Hbond substituents is 1. The smallest absolute Gasteiger partial charge is 0.123 e. The van der Waals surface area contributed by atoms with E-state index in [-0.39, 0.29) is 11.9 Å². The van der Waals surface area contributed by atoms with Gasteiger partial charge in [-0.15, -0.1) is 0 Å². The molecule has 0 aliphatic rings. The SMILES string of the molecule is CC(C)COCC(C)Oc1ccc(Cc2ccccc2)c(O)c1. The van der Waals surface area contributed by atoms with Crippen molar-refractivity contribution in [3.63, 3.8) is 0 Å². The number of phenols is 1. The van der Waals surface area contributed by atoms with Crippen molar-refractivity contribution in [2.75, 3.05) is 13.2 Å². The third-order valence-electron chi connectivity index (χ3n) is 3.44. The first-order valence-corrected chi connectivity index (χ1v) is 8.15. The summed E-state index contributed by atoms with van der Waals surface area (Å²) in [7, 11) is 0.